The first-order valence-corrected chi connectivity index (χ1v) is 7.42. The summed E-state index contributed by atoms with van der Waals surface area (Å²) in [5.74, 6) is 2.63. The minimum absolute atomic E-state index is 0.0885. The van der Waals surface area contributed by atoms with Crippen molar-refractivity contribution >= 4 is 21.6 Å². The molecular weight excluding hydrogens is 294 g/mol. The molecule has 1 aromatic rings. The molecule has 1 aromatic heterocycles. The zero-order valence-electron chi connectivity index (χ0n) is 10.5. The molecule has 4 nitrogen and oxygen atoms in total. The monoisotopic (exact) mass is 311 g/mol. The topological polar surface area (TPSA) is 46.9 Å². The number of rotatable bonds is 5. The molecule has 0 bridgehead atoms. The van der Waals surface area contributed by atoms with Crippen LogP contribution in [-0.2, 0) is 7.05 Å². The molecule has 0 aliphatic heterocycles. The van der Waals surface area contributed by atoms with Crippen molar-refractivity contribution in [3.8, 4) is 0 Å². The van der Waals surface area contributed by atoms with Crippen LogP contribution >= 0.6 is 15.9 Å². The Kier molecular flexibility index (Phi) is 3.18. The van der Waals surface area contributed by atoms with Gasteiger partial charge in [-0.05, 0) is 59.4 Å². The third-order valence-electron chi connectivity index (χ3n) is 4.06. The van der Waals surface area contributed by atoms with E-state index in [9.17, 15) is 4.79 Å². The molecular formula is C13H18BrN3O. The summed E-state index contributed by atoms with van der Waals surface area (Å²) in [6.45, 7) is 0.975. The smallest absolute Gasteiger partial charge is 0.282 e. The van der Waals surface area contributed by atoms with Crippen LogP contribution in [-0.4, -0.2) is 16.3 Å². The van der Waals surface area contributed by atoms with Crippen molar-refractivity contribution in [1.29, 1.82) is 0 Å². The number of anilines is 1. The Balaban J connectivity index is 1.69. The average molecular weight is 312 g/mol. The highest BCUT2D eigenvalue weighted by Crippen LogP contribution is 2.49. The van der Waals surface area contributed by atoms with Gasteiger partial charge in [-0.2, -0.15) is 5.10 Å². The van der Waals surface area contributed by atoms with Crippen LogP contribution in [0.2, 0.25) is 0 Å². The number of aromatic nitrogens is 2. The van der Waals surface area contributed by atoms with E-state index in [0.717, 1.165) is 30.0 Å². The van der Waals surface area contributed by atoms with Gasteiger partial charge in [0.05, 0.1) is 11.9 Å². The number of hydrogen-bond donors (Lipinski definition) is 1. The van der Waals surface area contributed by atoms with E-state index >= 15 is 0 Å². The van der Waals surface area contributed by atoms with Crippen LogP contribution in [0.25, 0.3) is 0 Å². The molecule has 2 saturated carbocycles. The van der Waals surface area contributed by atoms with E-state index in [0.29, 0.717) is 4.47 Å². The van der Waals surface area contributed by atoms with E-state index in [1.807, 2.05) is 0 Å². The van der Waals surface area contributed by atoms with Crippen molar-refractivity contribution < 1.29 is 0 Å². The molecule has 0 radical (unpaired) electrons. The third kappa shape index (κ3) is 2.46. The van der Waals surface area contributed by atoms with Gasteiger partial charge < -0.3 is 5.32 Å². The van der Waals surface area contributed by atoms with Gasteiger partial charge in [0.1, 0.15) is 4.47 Å². The van der Waals surface area contributed by atoms with Crippen molar-refractivity contribution in [2.24, 2.45) is 24.8 Å². The standard InChI is InChI=1S/C13H18BrN3O/c1-17-13(18)12(14)11(7-16-17)15-6-10(8-2-3-8)9-4-5-9/h7-10,15H,2-6H2,1H3. The van der Waals surface area contributed by atoms with Gasteiger partial charge in [-0.15, -0.1) is 0 Å². The summed E-state index contributed by atoms with van der Waals surface area (Å²) < 4.78 is 1.93. The summed E-state index contributed by atoms with van der Waals surface area (Å²) >= 11 is 3.35. The van der Waals surface area contributed by atoms with Crippen molar-refractivity contribution in [1.82, 2.24) is 9.78 Å². The maximum atomic E-state index is 11.7. The lowest BCUT2D eigenvalue weighted by molar-refractivity contribution is 0.428. The summed E-state index contributed by atoms with van der Waals surface area (Å²) in [6.07, 6.45) is 7.28. The second kappa shape index (κ2) is 4.68. The number of nitrogens with zero attached hydrogens (tertiary/aromatic N) is 2. The highest BCUT2D eigenvalue weighted by Gasteiger charge is 2.41. The minimum Gasteiger partial charge on any atom is -0.382 e. The summed E-state index contributed by atoms with van der Waals surface area (Å²) in [5.41, 5.74) is 0.735. The molecule has 2 aliphatic carbocycles. The Morgan fingerprint density at radius 3 is 2.61 bits per heavy atom. The SMILES string of the molecule is Cn1ncc(NCC(C2CC2)C2CC2)c(Br)c1=O. The van der Waals surface area contributed by atoms with Crippen LogP contribution in [0, 0.1) is 17.8 Å². The summed E-state index contributed by atoms with van der Waals surface area (Å²) in [7, 11) is 1.66. The summed E-state index contributed by atoms with van der Waals surface area (Å²) in [6, 6.07) is 0. The predicted octanol–water partition coefficient (Wildman–Crippen LogP) is 2.39. The Labute approximate surface area is 115 Å². The van der Waals surface area contributed by atoms with Gasteiger partial charge in [0, 0.05) is 13.6 Å². The highest BCUT2D eigenvalue weighted by atomic mass is 79.9. The van der Waals surface area contributed by atoms with Gasteiger partial charge in [-0.1, -0.05) is 0 Å². The first-order chi connectivity index (χ1) is 8.66. The van der Waals surface area contributed by atoms with E-state index in [-0.39, 0.29) is 5.56 Å². The molecule has 5 heteroatoms. The van der Waals surface area contributed by atoms with E-state index in [2.05, 4.69) is 26.3 Å². The highest BCUT2D eigenvalue weighted by molar-refractivity contribution is 9.10. The maximum absolute atomic E-state index is 11.7. The van der Waals surface area contributed by atoms with Crippen molar-refractivity contribution in [2.75, 3.05) is 11.9 Å². The first-order valence-electron chi connectivity index (χ1n) is 6.62. The van der Waals surface area contributed by atoms with Crippen LogP contribution in [0.5, 0.6) is 0 Å². The van der Waals surface area contributed by atoms with Gasteiger partial charge in [0.25, 0.3) is 5.56 Å². The molecule has 18 heavy (non-hydrogen) atoms. The lowest BCUT2D eigenvalue weighted by atomic mass is 9.98. The van der Waals surface area contributed by atoms with Crippen molar-refractivity contribution in [3.05, 3.63) is 21.0 Å². The summed E-state index contributed by atoms with van der Waals surface area (Å²) in [4.78, 5) is 11.7. The molecule has 0 spiro atoms. The minimum atomic E-state index is -0.0885. The van der Waals surface area contributed by atoms with Crippen LogP contribution < -0.4 is 10.9 Å². The predicted molar refractivity (Wildman–Crippen MR) is 74.6 cm³/mol. The molecule has 3 rings (SSSR count). The molecule has 0 saturated heterocycles. The molecule has 2 fully saturated rings. The average Bonchev–Trinajstić information content (AvgIpc) is 3.22. The van der Waals surface area contributed by atoms with Crippen molar-refractivity contribution in [2.45, 2.75) is 25.7 Å². The largest absolute Gasteiger partial charge is 0.382 e. The molecule has 0 amide bonds. The fourth-order valence-electron chi connectivity index (χ4n) is 2.63. The molecule has 0 atom stereocenters. The Morgan fingerprint density at radius 2 is 2.06 bits per heavy atom. The third-order valence-corrected chi connectivity index (χ3v) is 4.83. The maximum Gasteiger partial charge on any atom is 0.282 e. The molecule has 2 aliphatic rings. The van der Waals surface area contributed by atoms with Gasteiger partial charge in [0.15, 0.2) is 0 Å². The fourth-order valence-corrected chi connectivity index (χ4v) is 3.13. The number of halogens is 1. The normalized spacial score (nSPS) is 19.3. The lowest BCUT2D eigenvalue weighted by Crippen LogP contribution is -2.24. The van der Waals surface area contributed by atoms with Gasteiger partial charge in [-0.3, -0.25) is 4.79 Å². The second-order valence-corrected chi connectivity index (χ2v) is 6.31. The molecule has 1 N–H and O–H groups in total. The van der Waals surface area contributed by atoms with Crippen LogP contribution in [0.3, 0.4) is 0 Å². The van der Waals surface area contributed by atoms with Gasteiger partial charge >= 0.3 is 0 Å². The van der Waals surface area contributed by atoms with Crippen LogP contribution in [0.4, 0.5) is 5.69 Å². The van der Waals surface area contributed by atoms with E-state index in [1.54, 1.807) is 13.2 Å². The lowest BCUT2D eigenvalue weighted by Gasteiger charge is -2.17. The van der Waals surface area contributed by atoms with E-state index in [4.69, 9.17) is 0 Å². The second-order valence-electron chi connectivity index (χ2n) is 5.52. The number of hydrogen-bond acceptors (Lipinski definition) is 3. The molecule has 98 valence electrons. The molecule has 1 heterocycles. The first kappa shape index (κ1) is 12.2. The Morgan fingerprint density at radius 1 is 1.44 bits per heavy atom. The zero-order valence-corrected chi connectivity index (χ0v) is 12.1. The van der Waals surface area contributed by atoms with E-state index < -0.39 is 0 Å². The fraction of sp³-hybridized carbons (Fsp3) is 0.692. The quantitative estimate of drug-likeness (QED) is 0.908. The molecule has 0 aromatic carbocycles. The van der Waals surface area contributed by atoms with Gasteiger partial charge in [0.2, 0.25) is 0 Å². The molecule has 0 unspecified atom stereocenters. The Bertz CT molecular complexity index is 493. The van der Waals surface area contributed by atoms with E-state index in [1.165, 1.54) is 30.4 Å². The number of aryl methyl sites for hydroxylation is 1. The number of nitrogens with one attached hydrogen (secondary N) is 1. The Hall–Kier alpha value is -0.840. The van der Waals surface area contributed by atoms with Gasteiger partial charge in [-0.25, -0.2) is 4.68 Å². The van der Waals surface area contributed by atoms with Crippen molar-refractivity contribution in [3.63, 3.8) is 0 Å². The van der Waals surface area contributed by atoms with Crippen LogP contribution in [0.15, 0.2) is 15.5 Å². The summed E-state index contributed by atoms with van der Waals surface area (Å²) in [5, 5.41) is 7.45. The van der Waals surface area contributed by atoms with Crippen LogP contribution in [0.1, 0.15) is 25.7 Å². The zero-order chi connectivity index (χ0) is 12.7.